The van der Waals surface area contributed by atoms with Crippen LogP contribution in [0.4, 0.5) is 0 Å². The van der Waals surface area contributed by atoms with Gasteiger partial charge in [0.05, 0.1) is 4.91 Å². The van der Waals surface area contributed by atoms with Gasteiger partial charge in [-0.25, -0.2) is 4.79 Å². The molecule has 1 atom stereocenters. The zero-order chi connectivity index (χ0) is 17.0. The first kappa shape index (κ1) is 17.8. The van der Waals surface area contributed by atoms with Gasteiger partial charge in [0, 0.05) is 0 Å². The van der Waals surface area contributed by atoms with E-state index in [2.05, 4.69) is 0 Å². The van der Waals surface area contributed by atoms with Gasteiger partial charge in [-0.15, -0.1) is 0 Å². The highest BCUT2D eigenvalue weighted by Gasteiger charge is 2.40. The van der Waals surface area contributed by atoms with Crippen molar-refractivity contribution in [1.82, 2.24) is 4.90 Å². The minimum Gasteiger partial charge on any atom is -0.508 e. The number of phenols is 1. The quantitative estimate of drug-likeness (QED) is 0.590. The Hall–Kier alpha value is -1.51. The summed E-state index contributed by atoms with van der Waals surface area (Å²) in [4.78, 5) is 25.6. The molecule has 1 aliphatic rings. The zero-order valence-corrected chi connectivity index (χ0v) is 14.7. The van der Waals surface area contributed by atoms with Gasteiger partial charge in [0.1, 0.15) is 16.1 Å². The van der Waals surface area contributed by atoms with E-state index in [9.17, 15) is 19.8 Å². The summed E-state index contributed by atoms with van der Waals surface area (Å²) < 4.78 is 0.258. The Morgan fingerprint density at radius 3 is 2.65 bits per heavy atom. The lowest BCUT2D eigenvalue weighted by atomic mass is 10.1. The van der Waals surface area contributed by atoms with E-state index in [0.717, 1.165) is 17.3 Å². The summed E-state index contributed by atoms with van der Waals surface area (Å²) in [5.41, 5.74) is 0.735. The number of nitrogens with zero attached hydrogens (tertiary/aromatic N) is 1. The van der Waals surface area contributed by atoms with Crippen molar-refractivity contribution in [1.29, 1.82) is 0 Å². The van der Waals surface area contributed by atoms with Gasteiger partial charge >= 0.3 is 5.97 Å². The summed E-state index contributed by atoms with van der Waals surface area (Å²) in [6.45, 7) is 0. The number of benzene rings is 1. The van der Waals surface area contributed by atoms with Gasteiger partial charge in [-0.3, -0.25) is 9.69 Å². The van der Waals surface area contributed by atoms with Crippen LogP contribution < -0.4 is 0 Å². The number of carboxylic acids is 1. The van der Waals surface area contributed by atoms with Crippen molar-refractivity contribution in [3.8, 4) is 5.75 Å². The van der Waals surface area contributed by atoms with Crippen LogP contribution in [0.2, 0.25) is 0 Å². The van der Waals surface area contributed by atoms with Crippen molar-refractivity contribution in [2.24, 2.45) is 0 Å². The van der Waals surface area contributed by atoms with Gasteiger partial charge in [0.2, 0.25) is 0 Å². The SMILES string of the molecule is CSCC[C@@H](C(=O)O)N1C(=O)/C(=C/c2ccc(O)cc2)SC1=S. The van der Waals surface area contributed by atoms with Crippen LogP contribution in [-0.2, 0) is 9.59 Å². The molecule has 0 aliphatic carbocycles. The molecule has 23 heavy (non-hydrogen) atoms. The van der Waals surface area contributed by atoms with Crippen molar-refractivity contribution in [2.75, 3.05) is 12.0 Å². The van der Waals surface area contributed by atoms with Gasteiger partial charge in [-0.05, 0) is 42.2 Å². The number of rotatable bonds is 6. The van der Waals surface area contributed by atoms with Crippen LogP contribution in [0.5, 0.6) is 5.75 Å². The molecular weight excluding hydrogens is 354 g/mol. The minimum atomic E-state index is -1.05. The van der Waals surface area contributed by atoms with Crippen LogP contribution in [0.15, 0.2) is 29.2 Å². The summed E-state index contributed by atoms with van der Waals surface area (Å²) in [6.07, 6.45) is 3.87. The third-order valence-electron chi connectivity index (χ3n) is 3.21. The first-order chi connectivity index (χ1) is 10.9. The average Bonchev–Trinajstić information content (AvgIpc) is 2.77. The van der Waals surface area contributed by atoms with E-state index in [4.69, 9.17) is 12.2 Å². The first-order valence-corrected chi connectivity index (χ1v) is 9.33. The first-order valence-electron chi connectivity index (χ1n) is 6.72. The largest absolute Gasteiger partial charge is 0.508 e. The molecule has 0 saturated carbocycles. The number of thiocarbonyl (C=S) groups is 1. The van der Waals surface area contributed by atoms with Crippen LogP contribution in [-0.4, -0.2) is 49.4 Å². The predicted molar refractivity (Wildman–Crippen MR) is 97.5 cm³/mol. The summed E-state index contributed by atoms with van der Waals surface area (Å²) >= 11 is 7.81. The van der Waals surface area contributed by atoms with E-state index in [1.165, 1.54) is 28.8 Å². The zero-order valence-electron chi connectivity index (χ0n) is 12.3. The summed E-state index contributed by atoms with van der Waals surface area (Å²) in [5.74, 6) is -0.675. The monoisotopic (exact) mass is 369 g/mol. The molecule has 0 radical (unpaired) electrons. The molecule has 1 amide bonds. The number of carbonyl (C=O) groups excluding carboxylic acids is 1. The van der Waals surface area contributed by atoms with E-state index in [-0.39, 0.29) is 16.0 Å². The van der Waals surface area contributed by atoms with Crippen LogP contribution in [0, 0.1) is 0 Å². The summed E-state index contributed by atoms with van der Waals surface area (Å²) in [7, 11) is 0. The number of thioether (sulfide) groups is 2. The van der Waals surface area contributed by atoms with Crippen molar-refractivity contribution < 1.29 is 19.8 Å². The number of carbonyl (C=O) groups is 2. The topological polar surface area (TPSA) is 77.8 Å². The molecular formula is C15H15NO4S3. The Balaban J connectivity index is 2.24. The van der Waals surface area contributed by atoms with E-state index in [0.29, 0.717) is 17.1 Å². The van der Waals surface area contributed by atoms with E-state index in [1.807, 2.05) is 6.26 Å². The van der Waals surface area contributed by atoms with Crippen LogP contribution in [0.25, 0.3) is 6.08 Å². The summed E-state index contributed by atoms with van der Waals surface area (Å²) in [5, 5.41) is 18.7. The second-order valence-corrected chi connectivity index (χ2v) is 7.44. The molecule has 0 unspecified atom stereocenters. The number of aromatic hydroxyl groups is 1. The molecule has 8 heteroatoms. The highest BCUT2D eigenvalue weighted by Crippen LogP contribution is 2.35. The number of carboxylic acid groups (broad SMARTS) is 1. The lowest BCUT2D eigenvalue weighted by Gasteiger charge is -2.22. The average molecular weight is 369 g/mol. The fraction of sp³-hybridized carbons (Fsp3) is 0.267. The third-order valence-corrected chi connectivity index (χ3v) is 5.18. The van der Waals surface area contributed by atoms with Gasteiger partial charge in [-0.2, -0.15) is 11.8 Å². The Morgan fingerprint density at radius 2 is 2.09 bits per heavy atom. The van der Waals surface area contributed by atoms with E-state index < -0.39 is 12.0 Å². The normalized spacial score (nSPS) is 17.8. The van der Waals surface area contributed by atoms with Crippen LogP contribution in [0.3, 0.4) is 0 Å². The highest BCUT2D eigenvalue weighted by molar-refractivity contribution is 8.26. The molecule has 0 aromatic heterocycles. The lowest BCUT2D eigenvalue weighted by Crippen LogP contribution is -2.44. The molecule has 1 saturated heterocycles. The Bertz CT molecular complexity index is 657. The van der Waals surface area contributed by atoms with Gasteiger partial charge < -0.3 is 10.2 Å². The van der Waals surface area contributed by atoms with E-state index >= 15 is 0 Å². The maximum Gasteiger partial charge on any atom is 0.326 e. The molecule has 1 aromatic rings. The minimum absolute atomic E-state index is 0.137. The second kappa shape index (κ2) is 7.85. The molecule has 5 nitrogen and oxygen atoms in total. The standard InChI is InChI=1S/C15H15NO4S3/c1-22-7-6-11(14(19)20)16-13(18)12(23-15(16)21)8-9-2-4-10(17)5-3-9/h2-5,8,11,17H,6-7H2,1H3,(H,19,20)/b12-8-/t11-/m0/s1. The van der Waals surface area contributed by atoms with Crippen molar-refractivity contribution in [2.45, 2.75) is 12.5 Å². The molecule has 1 heterocycles. The van der Waals surface area contributed by atoms with Crippen LogP contribution >= 0.6 is 35.7 Å². The molecule has 2 N–H and O–H groups in total. The van der Waals surface area contributed by atoms with Gasteiger partial charge in [0.25, 0.3) is 5.91 Å². The predicted octanol–water partition coefficient (Wildman–Crippen LogP) is 2.80. The smallest absolute Gasteiger partial charge is 0.326 e. The number of aliphatic carboxylic acids is 1. The fourth-order valence-corrected chi connectivity index (χ4v) is 3.88. The molecule has 0 spiro atoms. The third kappa shape index (κ3) is 4.27. The van der Waals surface area contributed by atoms with Crippen molar-refractivity contribution >= 4 is 58.0 Å². The molecule has 1 aliphatic heterocycles. The molecule has 122 valence electrons. The number of hydrogen-bond acceptors (Lipinski definition) is 6. The molecule has 2 rings (SSSR count). The Labute approximate surface area is 147 Å². The molecule has 1 aromatic carbocycles. The van der Waals surface area contributed by atoms with Crippen molar-refractivity contribution in [3.05, 3.63) is 34.7 Å². The number of hydrogen-bond donors (Lipinski definition) is 2. The van der Waals surface area contributed by atoms with Gasteiger partial charge in [-0.1, -0.05) is 36.1 Å². The lowest BCUT2D eigenvalue weighted by molar-refractivity contribution is -0.145. The maximum absolute atomic E-state index is 12.5. The molecule has 1 fully saturated rings. The fourth-order valence-electron chi connectivity index (χ4n) is 2.06. The number of amides is 1. The maximum atomic E-state index is 12.5. The number of phenolic OH excluding ortho intramolecular Hbond substituents is 1. The van der Waals surface area contributed by atoms with Crippen LogP contribution in [0.1, 0.15) is 12.0 Å². The highest BCUT2D eigenvalue weighted by atomic mass is 32.2. The molecule has 0 bridgehead atoms. The Morgan fingerprint density at radius 1 is 1.43 bits per heavy atom. The second-order valence-electron chi connectivity index (χ2n) is 4.78. The summed E-state index contributed by atoms with van der Waals surface area (Å²) in [6, 6.07) is 5.44. The van der Waals surface area contributed by atoms with Gasteiger partial charge in [0.15, 0.2) is 0 Å². The van der Waals surface area contributed by atoms with E-state index in [1.54, 1.807) is 18.2 Å². The Kier molecular flexibility index (Phi) is 6.09. The van der Waals surface area contributed by atoms with Crippen molar-refractivity contribution in [3.63, 3.8) is 0 Å².